The normalized spacial score (nSPS) is 12.4. The third-order valence-electron chi connectivity index (χ3n) is 3.20. The van der Waals surface area contributed by atoms with Gasteiger partial charge in [-0.1, -0.05) is 32.9 Å². The Balaban J connectivity index is 2.95. The second kappa shape index (κ2) is 6.58. The van der Waals surface area contributed by atoms with Gasteiger partial charge in [-0.25, -0.2) is 13.1 Å². The molecule has 5 nitrogen and oxygen atoms in total. The number of carbonyl (C=O) groups is 1. The van der Waals surface area contributed by atoms with Crippen LogP contribution in [0.25, 0.3) is 0 Å². The van der Waals surface area contributed by atoms with Crippen molar-refractivity contribution in [2.45, 2.75) is 50.8 Å². The van der Waals surface area contributed by atoms with E-state index < -0.39 is 16.0 Å². The Morgan fingerprint density at radius 1 is 1.29 bits per heavy atom. The van der Waals surface area contributed by atoms with Gasteiger partial charge in [-0.05, 0) is 36.0 Å². The molecule has 0 saturated heterocycles. The predicted octanol–water partition coefficient (Wildman–Crippen LogP) is 2.44. The van der Waals surface area contributed by atoms with Crippen molar-refractivity contribution in [1.82, 2.24) is 4.72 Å². The number of carboxylic acids is 1. The van der Waals surface area contributed by atoms with Crippen LogP contribution in [0.4, 0.5) is 0 Å². The molecule has 0 unspecified atom stereocenters. The van der Waals surface area contributed by atoms with Gasteiger partial charge in [0.15, 0.2) is 0 Å². The van der Waals surface area contributed by atoms with Crippen molar-refractivity contribution in [1.29, 1.82) is 0 Å². The van der Waals surface area contributed by atoms with E-state index in [4.69, 9.17) is 5.11 Å². The van der Waals surface area contributed by atoms with Gasteiger partial charge in [0.1, 0.15) is 0 Å². The second-order valence-corrected chi connectivity index (χ2v) is 7.86. The molecule has 0 atom stereocenters. The summed E-state index contributed by atoms with van der Waals surface area (Å²) in [5.74, 6) is -0.930. The molecule has 6 heteroatoms. The summed E-state index contributed by atoms with van der Waals surface area (Å²) in [6.07, 6.45) is 0.218. The molecule has 0 bridgehead atoms. The summed E-state index contributed by atoms with van der Waals surface area (Å²) >= 11 is 0. The quantitative estimate of drug-likeness (QED) is 0.790. The first-order valence-corrected chi connectivity index (χ1v) is 8.35. The Labute approximate surface area is 126 Å². The van der Waals surface area contributed by atoms with Crippen molar-refractivity contribution in [3.63, 3.8) is 0 Å². The van der Waals surface area contributed by atoms with Crippen LogP contribution >= 0.6 is 0 Å². The highest BCUT2D eigenvalue weighted by atomic mass is 32.2. The molecule has 0 aliphatic rings. The maximum Gasteiger partial charge on any atom is 0.303 e. The number of aryl methyl sites for hydroxylation is 1. The molecule has 1 aromatic carbocycles. The molecule has 0 fully saturated rings. The van der Waals surface area contributed by atoms with Gasteiger partial charge in [-0.2, -0.15) is 0 Å². The van der Waals surface area contributed by atoms with Crippen molar-refractivity contribution >= 4 is 16.0 Å². The highest BCUT2D eigenvalue weighted by Crippen LogP contribution is 2.26. The summed E-state index contributed by atoms with van der Waals surface area (Å²) < 4.78 is 27.1. The Hall–Kier alpha value is -1.40. The fraction of sp³-hybridized carbons (Fsp3) is 0.533. The number of rotatable bonds is 6. The lowest BCUT2D eigenvalue weighted by Crippen LogP contribution is -2.26. The van der Waals surface area contributed by atoms with Crippen LogP contribution in [0.5, 0.6) is 0 Å². The highest BCUT2D eigenvalue weighted by Gasteiger charge is 2.21. The molecule has 1 aromatic rings. The standard InChI is InChI=1S/C15H23NO4S/c1-11-7-8-12(15(2,3)4)10-13(11)21(19,20)16-9-5-6-14(17)18/h7-8,10,16H,5-6,9H2,1-4H3,(H,17,18). The number of nitrogens with one attached hydrogen (secondary N) is 1. The van der Waals surface area contributed by atoms with E-state index in [1.807, 2.05) is 26.8 Å². The first-order chi connectivity index (χ1) is 9.54. The maximum atomic E-state index is 12.3. The topological polar surface area (TPSA) is 83.5 Å². The van der Waals surface area contributed by atoms with Crippen LogP contribution in [0.2, 0.25) is 0 Å². The smallest absolute Gasteiger partial charge is 0.303 e. The van der Waals surface area contributed by atoms with Crippen molar-refractivity contribution in [3.05, 3.63) is 29.3 Å². The molecule has 0 heterocycles. The fourth-order valence-corrected chi connectivity index (χ4v) is 3.22. The van der Waals surface area contributed by atoms with Crippen molar-refractivity contribution in [3.8, 4) is 0 Å². The first kappa shape index (κ1) is 17.7. The maximum absolute atomic E-state index is 12.3. The summed E-state index contributed by atoms with van der Waals surface area (Å²) in [6, 6.07) is 5.42. The summed E-state index contributed by atoms with van der Waals surface area (Å²) in [7, 11) is -3.61. The summed E-state index contributed by atoms with van der Waals surface area (Å²) in [5, 5.41) is 8.55. The molecule has 0 aliphatic heterocycles. The van der Waals surface area contributed by atoms with Gasteiger partial charge < -0.3 is 5.11 Å². The molecular formula is C15H23NO4S. The van der Waals surface area contributed by atoms with Crippen LogP contribution in [-0.2, 0) is 20.2 Å². The third kappa shape index (κ3) is 5.13. The molecule has 0 saturated carbocycles. The minimum absolute atomic E-state index is 0.0521. The molecule has 0 aromatic heterocycles. The van der Waals surface area contributed by atoms with E-state index in [9.17, 15) is 13.2 Å². The predicted molar refractivity (Wildman–Crippen MR) is 81.9 cm³/mol. The molecule has 0 radical (unpaired) electrons. The third-order valence-corrected chi connectivity index (χ3v) is 4.81. The number of aliphatic carboxylic acids is 1. The van der Waals surface area contributed by atoms with E-state index >= 15 is 0 Å². The monoisotopic (exact) mass is 313 g/mol. The lowest BCUT2D eigenvalue weighted by molar-refractivity contribution is -0.137. The van der Waals surface area contributed by atoms with Gasteiger partial charge in [0.2, 0.25) is 10.0 Å². The molecule has 1 rings (SSSR count). The Morgan fingerprint density at radius 2 is 1.90 bits per heavy atom. The Morgan fingerprint density at radius 3 is 2.43 bits per heavy atom. The van der Waals surface area contributed by atoms with Gasteiger partial charge in [-0.15, -0.1) is 0 Å². The van der Waals surface area contributed by atoms with E-state index in [2.05, 4.69) is 4.72 Å². The van der Waals surface area contributed by atoms with E-state index in [1.54, 1.807) is 19.1 Å². The minimum Gasteiger partial charge on any atom is -0.481 e. The van der Waals surface area contributed by atoms with Crippen LogP contribution in [0.1, 0.15) is 44.7 Å². The highest BCUT2D eigenvalue weighted by molar-refractivity contribution is 7.89. The number of hydrogen-bond donors (Lipinski definition) is 2. The Bertz CT molecular complexity index is 615. The van der Waals surface area contributed by atoms with E-state index in [0.29, 0.717) is 5.56 Å². The molecule has 21 heavy (non-hydrogen) atoms. The minimum atomic E-state index is -3.61. The van der Waals surface area contributed by atoms with Gasteiger partial charge in [0, 0.05) is 13.0 Å². The zero-order valence-corrected chi connectivity index (χ0v) is 13.8. The van der Waals surface area contributed by atoms with Crippen LogP contribution in [0, 0.1) is 6.92 Å². The van der Waals surface area contributed by atoms with Gasteiger partial charge >= 0.3 is 5.97 Å². The molecule has 0 amide bonds. The van der Waals surface area contributed by atoms with Crippen molar-refractivity contribution < 1.29 is 18.3 Å². The Kier molecular flexibility index (Phi) is 5.53. The molecule has 0 spiro atoms. The zero-order chi connectivity index (χ0) is 16.3. The van der Waals surface area contributed by atoms with Crippen molar-refractivity contribution in [2.24, 2.45) is 0 Å². The lowest BCUT2D eigenvalue weighted by Gasteiger charge is -2.21. The van der Waals surface area contributed by atoms with Gasteiger partial charge in [0.25, 0.3) is 0 Å². The van der Waals surface area contributed by atoms with Crippen LogP contribution in [-0.4, -0.2) is 26.0 Å². The SMILES string of the molecule is Cc1ccc(C(C)(C)C)cc1S(=O)(=O)NCCCC(=O)O. The lowest BCUT2D eigenvalue weighted by atomic mass is 9.87. The van der Waals surface area contributed by atoms with E-state index in [1.165, 1.54) is 0 Å². The van der Waals surface area contributed by atoms with Crippen molar-refractivity contribution in [2.75, 3.05) is 6.54 Å². The van der Waals surface area contributed by atoms with Gasteiger partial charge in [0.05, 0.1) is 4.90 Å². The molecule has 118 valence electrons. The fourth-order valence-electron chi connectivity index (χ4n) is 1.88. The van der Waals surface area contributed by atoms with Gasteiger partial charge in [-0.3, -0.25) is 4.79 Å². The van der Waals surface area contributed by atoms with Crippen LogP contribution in [0.3, 0.4) is 0 Å². The average Bonchev–Trinajstić information content (AvgIpc) is 2.33. The average molecular weight is 313 g/mol. The number of benzene rings is 1. The number of carboxylic acid groups (broad SMARTS) is 1. The number of sulfonamides is 1. The second-order valence-electron chi connectivity index (χ2n) is 6.13. The largest absolute Gasteiger partial charge is 0.481 e. The van der Waals surface area contributed by atoms with E-state index in [-0.39, 0.29) is 29.7 Å². The molecule has 0 aliphatic carbocycles. The van der Waals surface area contributed by atoms with E-state index in [0.717, 1.165) is 5.56 Å². The number of hydrogen-bond acceptors (Lipinski definition) is 3. The zero-order valence-electron chi connectivity index (χ0n) is 12.9. The van der Waals surface area contributed by atoms with Crippen LogP contribution < -0.4 is 4.72 Å². The summed E-state index contributed by atoms with van der Waals surface area (Å²) in [6.45, 7) is 7.93. The first-order valence-electron chi connectivity index (χ1n) is 6.86. The molecular weight excluding hydrogens is 290 g/mol. The summed E-state index contributed by atoms with van der Waals surface area (Å²) in [4.78, 5) is 10.7. The molecule has 2 N–H and O–H groups in total. The van der Waals surface area contributed by atoms with Crippen LogP contribution in [0.15, 0.2) is 23.1 Å². The summed E-state index contributed by atoms with van der Waals surface area (Å²) in [5.41, 5.74) is 1.48.